The Morgan fingerprint density at radius 3 is 3.08 bits per heavy atom. The molecule has 4 rings (SSSR count). The molecule has 0 unspecified atom stereocenters. The summed E-state index contributed by atoms with van der Waals surface area (Å²) in [6.07, 6.45) is 6.25. The summed E-state index contributed by atoms with van der Waals surface area (Å²) in [6.45, 7) is 3.40. The largest absolute Gasteiger partial charge is 0.350 e. The second kappa shape index (κ2) is 6.35. The van der Waals surface area contributed by atoms with Crippen molar-refractivity contribution in [3.05, 3.63) is 53.0 Å². The first-order valence-corrected chi connectivity index (χ1v) is 8.72. The van der Waals surface area contributed by atoms with Crippen molar-refractivity contribution in [3.63, 3.8) is 0 Å². The molecule has 3 heterocycles. The van der Waals surface area contributed by atoms with Crippen LogP contribution >= 0.6 is 0 Å². The van der Waals surface area contributed by atoms with E-state index in [1.807, 2.05) is 6.92 Å². The van der Waals surface area contributed by atoms with Gasteiger partial charge in [-0.1, -0.05) is 0 Å². The van der Waals surface area contributed by atoms with Crippen LogP contribution in [-0.2, 0) is 19.4 Å². The third-order valence-electron chi connectivity index (χ3n) is 4.78. The van der Waals surface area contributed by atoms with Crippen molar-refractivity contribution < 1.29 is 9.18 Å². The molecule has 1 amide bonds. The molecule has 0 aliphatic carbocycles. The van der Waals surface area contributed by atoms with Gasteiger partial charge in [-0.2, -0.15) is 0 Å². The number of aromatic amines is 1. The maximum Gasteiger partial charge on any atom is 0.267 e. The van der Waals surface area contributed by atoms with Crippen molar-refractivity contribution in [3.8, 4) is 0 Å². The number of H-pyrrole nitrogens is 1. The van der Waals surface area contributed by atoms with Crippen molar-refractivity contribution in [2.45, 2.75) is 39.2 Å². The molecule has 0 bridgehead atoms. The highest BCUT2D eigenvalue weighted by Gasteiger charge is 2.14. The summed E-state index contributed by atoms with van der Waals surface area (Å²) in [7, 11) is 0. The molecule has 0 saturated heterocycles. The van der Waals surface area contributed by atoms with E-state index in [0.29, 0.717) is 24.2 Å². The zero-order valence-corrected chi connectivity index (χ0v) is 14.2. The number of aromatic nitrogens is 3. The zero-order chi connectivity index (χ0) is 17.4. The summed E-state index contributed by atoms with van der Waals surface area (Å²) < 4.78 is 15.7. The maximum atomic E-state index is 13.5. The lowest BCUT2D eigenvalue weighted by atomic mass is 10.1. The second-order valence-corrected chi connectivity index (χ2v) is 6.67. The molecule has 1 aliphatic rings. The molecule has 3 aromatic rings. The normalized spacial score (nSPS) is 13.8. The minimum Gasteiger partial charge on any atom is -0.350 e. The molecule has 0 spiro atoms. The Bertz CT molecular complexity index is 917. The fourth-order valence-electron chi connectivity index (χ4n) is 3.49. The van der Waals surface area contributed by atoms with E-state index in [9.17, 15) is 9.18 Å². The smallest absolute Gasteiger partial charge is 0.267 e. The van der Waals surface area contributed by atoms with Crippen LogP contribution in [0.3, 0.4) is 0 Å². The van der Waals surface area contributed by atoms with Gasteiger partial charge >= 0.3 is 0 Å². The van der Waals surface area contributed by atoms with Crippen molar-refractivity contribution in [2.24, 2.45) is 0 Å². The van der Waals surface area contributed by atoms with Crippen LogP contribution in [0.1, 0.15) is 40.4 Å². The molecule has 0 atom stereocenters. The van der Waals surface area contributed by atoms with E-state index >= 15 is 0 Å². The minimum atomic E-state index is -0.303. The average Bonchev–Trinajstić information content (AvgIpc) is 3.18. The van der Waals surface area contributed by atoms with Gasteiger partial charge in [0.1, 0.15) is 17.3 Å². The minimum absolute atomic E-state index is 0.181. The van der Waals surface area contributed by atoms with Gasteiger partial charge < -0.3 is 14.9 Å². The SMILES string of the molecule is Cc1cc(F)cc2[nH]c(C(=O)NCCc3cn4c(n3)CCCC4)cc12. The Balaban J connectivity index is 1.40. The predicted molar refractivity (Wildman–Crippen MR) is 94.2 cm³/mol. The van der Waals surface area contributed by atoms with Crippen molar-refractivity contribution in [1.82, 2.24) is 19.9 Å². The van der Waals surface area contributed by atoms with Crippen LogP contribution in [0.15, 0.2) is 24.4 Å². The van der Waals surface area contributed by atoms with Crippen LogP contribution < -0.4 is 5.32 Å². The van der Waals surface area contributed by atoms with Crippen LogP contribution in [0.4, 0.5) is 4.39 Å². The Morgan fingerprint density at radius 1 is 1.36 bits per heavy atom. The number of benzene rings is 1. The lowest BCUT2D eigenvalue weighted by Crippen LogP contribution is -2.26. The number of hydrogen-bond donors (Lipinski definition) is 2. The summed E-state index contributed by atoms with van der Waals surface area (Å²) in [5.74, 6) is 0.670. The quantitative estimate of drug-likeness (QED) is 0.766. The summed E-state index contributed by atoms with van der Waals surface area (Å²) in [6, 6.07) is 4.65. The molecule has 6 heteroatoms. The Kier molecular flexibility index (Phi) is 4.03. The number of amides is 1. The first-order chi connectivity index (χ1) is 12.1. The molecular weight excluding hydrogens is 319 g/mol. The molecule has 0 saturated carbocycles. The van der Waals surface area contributed by atoms with Crippen LogP contribution in [0.25, 0.3) is 10.9 Å². The van der Waals surface area contributed by atoms with Crippen molar-refractivity contribution >= 4 is 16.8 Å². The monoisotopic (exact) mass is 340 g/mol. The lowest BCUT2D eigenvalue weighted by Gasteiger charge is -2.11. The maximum absolute atomic E-state index is 13.5. The van der Waals surface area contributed by atoms with E-state index in [-0.39, 0.29) is 11.7 Å². The number of nitrogens with zero attached hydrogens (tertiary/aromatic N) is 2. The van der Waals surface area contributed by atoms with Gasteiger partial charge in [-0.05, 0) is 43.5 Å². The fourth-order valence-corrected chi connectivity index (χ4v) is 3.49. The highest BCUT2D eigenvalue weighted by atomic mass is 19.1. The van der Waals surface area contributed by atoms with E-state index in [4.69, 9.17) is 0 Å². The summed E-state index contributed by atoms with van der Waals surface area (Å²) in [5, 5.41) is 3.78. The summed E-state index contributed by atoms with van der Waals surface area (Å²) >= 11 is 0. The Labute approximate surface area is 145 Å². The first kappa shape index (κ1) is 15.9. The molecule has 2 aromatic heterocycles. The topological polar surface area (TPSA) is 62.7 Å². The molecule has 25 heavy (non-hydrogen) atoms. The number of carbonyl (C=O) groups excluding carboxylic acids is 1. The van der Waals surface area contributed by atoms with Gasteiger partial charge in [0.15, 0.2) is 0 Å². The zero-order valence-electron chi connectivity index (χ0n) is 14.2. The molecule has 0 fully saturated rings. The van der Waals surface area contributed by atoms with Gasteiger partial charge in [0.25, 0.3) is 5.91 Å². The van der Waals surface area contributed by atoms with Crippen molar-refractivity contribution in [2.75, 3.05) is 6.54 Å². The van der Waals surface area contributed by atoms with E-state index < -0.39 is 0 Å². The molecule has 5 nitrogen and oxygen atoms in total. The Hall–Kier alpha value is -2.63. The number of aryl methyl sites for hydroxylation is 3. The number of hydrogen-bond acceptors (Lipinski definition) is 2. The number of carbonyl (C=O) groups is 1. The standard InChI is InChI=1S/C19H21FN4O/c1-12-8-13(20)9-16-15(12)10-17(23-16)19(25)21-6-5-14-11-24-7-3-2-4-18(24)22-14/h8-11,23H,2-7H2,1H3,(H,21,25). The van der Waals surface area contributed by atoms with Gasteiger partial charge in [0, 0.05) is 43.0 Å². The van der Waals surface area contributed by atoms with Gasteiger partial charge in [0.05, 0.1) is 5.69 Å². The predicted octanol–water partition coefficient (Wildman–Crippen LogP) is 3.12. The van der Waals surface area contributed by atoms with E-state index in [1.54, 1.807) is 6.07 Å². The lowest BCUT2D eigenvalue weighted by molar-refractivity contribution is 0.0950. The molecule has 0 radical (unpaired) electrons. The van der Waals surface area contributed by atoms with Gasteiger partial charge in [0.2, 0.25) is 0 Å². The third kappa shape index (κ3) is 3.16. The van der Waals surface area contributed by atoms with Gasteiger partial charge in [-0.3, -0.25) is 4.79 Å². The van der Waals surface area contributed by atoms with Gasteiger partial charge in [-0.15, -0.1) is 0 Å². The number of fused-ring (bicyclic) bond motifs is 2. The third-order valence-corrected chi connectivity index (χ3v) is 4.78. The molecule has 1 aliphatic heterocycles. The van der Waals surface area contributed by atoms with Crippen molar-refractivity contribution in [1.29, 1.82) is 0 Å². The summed E-state index contributed by atoms with van der Waals surface area (Å²) in [4.78, 5) is 20.0. The van der Waals surface area contributed by atoms with Gasteiger partial charge in [-0.25, -0.2) is 9.37 Å². The molecule has 130 valence electrons. The number of imidazole rings is 1. The number of halogens is 1. The van der Waals surface area contributed by atoms with Crippen LogP contribution in [-0.4, -0.2) is 27.0 Å². The van der Waals surface area contributed by atoms with Crippen LogP contribution in [0.5, 0.6) is 0 Å². The molecular formula is C19H21FN4O. The first-order valence-electron chi connectivity index (χ1n) is 8.72. The fraction of sp³-hybridized carbons (Fsp3) is 0.368. The second-order valence-electron chi connectivity index (χ2n) is 6.67. The van der Waals surface area contributed by atoms with E-state index in [1.165, 1.54) is 25.0 Å². The van der Waals surface area contributed by atoms with E-state index in [0.717, 1.165) is 35.4 Å². The van der Waals surface area contributed by atoms with E-state index in [2.05, 4.69) is 26.0 Å². The summed E-state index contributed by atoms with van der Waals surface area (Å²) in [5.41, 5.74) is 2.93. The van der Waals surface area contributed by atoms with Crippen LogP contribution in [0, 0.1) is 12.7 Å². The highest BCUT2D eigenvalue weighted by Crippen LogP contribution is 2.21. The Morgan fingerprint density at radius 2 is 2.24 bits per heavy atom. The highest BCUT2D eigenvalue weighted by molar-refractivity contribution is 5.98. The van der Waals surface area contributed by atoms with Crippen LogP contribution in [0.2, 0.25) is 0 Å². The molecule has 1 aromatic carbocycles. The molecule has 2 N–H and O–H groups in total. The number of rotatable bonds is 4. The average molecular weight is 340 g/mol. The number of nitrogens with one attached hydrogen (secondary N) is 2.